The third-order valence-corrected chi connectivity index (χ3v) is 2.84. The number of carbonyl (C=O) groups excluding carboxylic acids is 3. The Kier molecular flexibility index (Phi) is 8.38. The number of hydrogen-bond acceptors (Lipinski definition) is 5. The van der Waals surface area contributed by atoms with Crippen LogP contribution in [-0.4, -0.2) is 44.1 Å². The van der Waals surface area contributed by atoms with Gasteiger partial charge >= 0.3 is 11.9 Å². The second kappa shape index (κ2) is 10.3. The van der Waals surface area contributed by atoms with E-state index < -0.39 is 11.9 Å². The van der Waals surface area contributed by atoms with Gasteiger partial charge in [-0.25, -0.2) is 4.79 Å². The number of rotatable bonds is 8. The molecular weight excluding hydrogens is 300 g/mol. The van der Waals surface area contributed by atoms with Crippen molar-refractivity contribution in [3.8, 4) is 0 Å². The van der Waals surface area contributed by atoms with Crippen LogP contribution in [0.1, 0.15) is 30.6 Å². The van der Waals surface area contributed by atoms with E-state index in [9.17, 15) is 14.4 Å². The molecule has 0 bridgehead atoms. The molecule has 2 amide bonds. The summed E-state index contributed by atoms with van der Waals surface area (Å²) in [5, 5.41) is 5.13. The van der Waals surface area contributed by atoms with Crippen molar-refractivity contribution in [2.75, 3.05) is 31.7 Å². The van der Waals surface area contributed by atoms with Gasteiger partial charge in [-0.15, -0.1) is 0 Å². The smallest absolute Gasteiger partial charge is 0.397 e. The Morgan fingerprint density at radius 1 is 1.09 bits per heavy atom. The summed E-state index contributed by atoms with van der Waals surface area (Å²) in [5.74, 6) is -2.23. The Morgan fingerprint density at radius 2 is 1.83 bits per heavy atom. The summed E-state index contributed by atoms with van der Waals surface area (Å²) >= 11 is 0. The van der Waals surface area contributed by atoms with Gasteiger partial charge in [0.2, 0.25) is 0 Å². The minimum Gasteiger partial charge on any atom is -0.459 e. The molecule has 0 aliphatic rings. The maximum atomic E-state index is 12.2. The van der Waals surface area contributed by atoms with Crippen molar-refractivity contribution in [1.29, 1.82) is 0 Å². The average molecular weight is 322 g/mol. The lowest BCUT2D eigenvalue weighted by atomic mass is 10.1. The Labute approximate surface area is 135 Å². The fourth-order valence-corrected chi connectivity index (χ4v) is 1.78. The van der Waals surface area contributed by atoms with Crippen molar-refractivity contribution in [1.82, 2.24) is 5.32 Å². The van der Waals surface area contributed by atoms with E-state index in [2.05, 4.69) is 15.4 Å². The van der Waals surface area contributed by atoms with Gasteiger partial charge in [0.05, 0.1) is 17.9 Å². The van der Waals surface area contributed by atoms with Crippen LogP contribution in [0.15, 0.2) is 24.3 Å². The van der Waals surface area contributed by atoms with E-state index in [1.807, 2.05) is 6.92 Å². The zero-order valence-corrected chi connectivity index (χ0v) is 13.4. The lowest BCUT2D eigenvalue weighted by Gasteiger charge is -2.11. The molecular formula is C16H22N2O5. The number of benzene rings is 1. The van der Waals surface area contributed by atoms with Crippen molar-refractivity contribution in [3.63, 3.8) is 0 Å². The number of carbonyl (C=O) groups is 3. The predicted octanol–water partition coefficient (Wildman–Crippen LogP) is 1.34. The van der Waals surface area contributed by atoms with Gasteiger partial charge in [-0.05, 0) is 32.4 Å². The molecule has 7 heteroatoms. The molecule has 1 rings (SSSR count). The maximum absolute atomic E-state index is 12.2. The zero-order chi connectivity index (χ0) is 17.1. The third-order valence-electron chi connectivity index (χ3n) is 2.84. The summed E-state index contributed by atoms with van der Waals surface area (Å²) in [7, 11) is 0. The van der Waals surface area contributed by atoms with E-state index in [0.29, 0.717) is 26.2 Å². The number of esters is 1. The van der Waals surface area contributed by atoms with Crippen LogP contribution in [0.4, 0.5) is 5.69 Å². The highest BCUT2D eigenvalue weighted by Crippen LogP contribution is 2.15. The van der Waals surface area contributed by atoms with Crippen LogP contribution in [0.3, 0.4) is 0 Å². The van der Waals surface area contributed by atoms with Crippen LogP contribution in [0.2, 0.25) is 0 Å². The van der Waals surface area contributed by atoms with Crippen LogP contribution < -0.4 is 10.6 Å². The quantitative estimate of drug-likeness (QED) is 0.428. The predicted molar refractivity (Wildman–Crippen MR) is 85.1 cm³/mol. The van der Waals surface area contributed by atoms with Crippen LogP contribution in [0.25, 0.3) is 0 Å². The van der Waals surface area contributed by atoms with E-state index in [0.717, 1.165) is 0 Å². The van der Waals surface area contributed by atoms with Crippen molar-refractivity contribution < 1.29 is 23.9 Å². The highest BCUT2D eigenvalue weighted by molar-refractivity contribution is 6.37. The molecule has 0 saturated heterocycles. The summed E-state index contributed by atoms with van der Waals surface area (Å²) in [6.45, 7) is 5.28. The molecule has 2 N–H and O–H groups in total. The van der Waals surface area contributed by atoms with Crippen LogP contribution in [-0.2, 0) is 19.1 Å². The fourth-order valence-electron chi connectivity index (χ4n) is 1.78. The van der Waals surface area contributed by atoms with Gasteiger partial charge in [-0.1, -0.05) is 12.1 Å². The Hall–Kier alpha value is -2.41. The van der Waals surface area contributed by atoms with Crippen molar-refractivity contribution in [3.05, 3.63) is 29.8 Å². The number of hydrogen-bond donors (Lipinski definition) is 2. The Bertz CT molecular complexity index is 545. The highest BCUT2D eigenvalue weighted by Gasteiger charge is 2.18. The van der Waals surface area contributed by atoms with E-state index in [-0.39, 0.29) is 23.8 Å². The summed E-state index contributed by atoms with van der Waals surface area (Å²) in [6.07, 6.45) is 0.691. The molecule has 1 aromatic carbocycles. The van der Waals surface area contributed by atoms with Crippen molar-refractivity contribution >= 4 is 23.5 Å². The molecule has 0 radical (unpaired) electrons. The van der Waals surface area contributed by atoms with Gasteiger partial charge in [0, 0.05) is 19.8 Å². The number of anilines is 1. The molecule has 0 saturated carbocycles. The molecule has 0 fully saturated rings. The summed E-state index contributed by atoms with van der Waals surface area (Å²) in [6, 6.07) is 6.45. The van der Waals surface area contributed by atoms with E-state index in [1.165, 1.54) is 0 Å². The van der Waals surface area contributed by atoms with Gasteiger partial charge in [0.1, 0.15) is 0 Å². The zero-order valence-electron chi connectivity index (χ0n) is 13.4. The first-order chi connectivity index (χ1) is 11.1. The van der Waals surface area contributed by atoms with Gasteiger partial charge in [0.15, 0.2) is 0 Å². The first-order valence-corrected chi connectivity index (χ1v) is 7.53. The third kappa shape index (κ3) is 6.48. The molecule has 126 valence electrons. The molecule has 0 aliphatic carbocycles. The summed E-state index contributed by atoms with van der Waals surface area (Å²) in [5.41, 5.74) is 0.536. The first-order valence-electron chi connectivity index (χ1n) is 7.53. The second-order valence-electron chi connectivity index (χ2n) is 4.53. The second-order valence-corrected chi connectivity index (χ2v) is 4.53. The van der Waals surface area contributed by atoms with Crippen LogP contribution >= 0.6 is 0 Å². The minimum absolute atomic E-state index is 0.105. The maximum Gasteiger partial charge on any atom is 0.397 e. The van der Waals surface area contributed by atoms with Gasteiger partial charge in [0.25, 0.3) is 5.91 Å². The SMILES string of the molecule is CCOCCCNC(=O)c1ccccc1NC(=O)C(=O)OCC. The van der Waals surface area contributed by atoms with E-state index in [4.69, 9.17) is 4.74 Å². The molecule has 23 heavy (non-hydrogen) atoms. The Morgan fingerprint density at radius 3 is 2.52 bits per heavy atom. The standard InChI is InChI=1S/C16H22N2O5/c1-3-22-11-7-10-17-14(19)12-8-5-6-9-13(12)18-15(20)16(21)23-4-2/h5-6,8-9H,3-4,7,10-11H2,1-2H3,(H,17,19)(H,18,20). The minimum atomic E-state index is -0.987. The van der Waals surface area contributed by atoms with Crippen molar-refractivity contribution in [2.45, 2.75) is 20.3 Å². The lowest BCUT2D eigenvalue weighted by Crippen LogP contribution is -2.29. The first kappa shape index (κ1) is 18.6. The monoisotopic (exact) mass is 322 g/mol. The molecule has 7 nitrogen and oxygen atoms in total. The number of para-hydroxylation sites is 1. The molecule has 0 aromatic heterocycles. The van der Waals surface area contributed by atoms with E-state index >= 15 is 0 Å². The molecule has 0 unspecified atom stereocenters. The van der Waals surface area contributed by atoms with Crippen LogP contribution in [0, 0.1) is 0 Å². The topological polar surface area (TPSA) is 93.7 Å². The number of amides is 2. The largest absolute Gasteiger partial charge is 0.459 e. The number of ether oxygens (including phenoxy) is 2. The van der Waals surface area contributed by atoms with Gasteiger partial charge in [-0.2, -0.15) is 0 Å². The average Bonchev–Trinajstić information content (AvgIpc) is 2.55. The normalized spacial score (nSPS) is 10.0. The molecule has 0 heterocycles. The lowest BCUT2D eigenvalue weighted by molar-refractivity contribution is -0.152. The molecule has 0 atom stereocenters. The van der Waals surface area contributed by atoms with Crippen molar-refractivity contribution in [2.24, 2.45) is 0 Å². The summed E-state index contributed by atoms with van der Waals surface area (Å²) in [4.78, 5) is 35.2. The fraction of sp³-hybridized carbons (Fsp3) is 0.438. The highest BCUT2D eigenvalue weighted by atomic mass is 16.5. The molecule has 0 spiro atoms. The van der Waals surface area contributed by atoms with E-state index in [1.54, 1.807) is 31.2 Å². The number of nitrogens with one attached hydrogen (secondary N) is 2. The van der Waals surface area contributed by atoms with Gasteiger partial charge in [-0.3, -0.25) is 9.59 Å². The van der Waals surface area contributed by atoms with Gasteiger partial charge < -0.3 is 20.1 Å². The Balaban J connectivity index is 2.64. The molecule has 0 aliphatic heterocycles. The van der Waals surface area contributed by atoms with Crippen LogP contribution in [0.5, 0.6) is 0 Å². The molecule has 1 aromatic rings. The summed E-state index contributed by atoms with van der Waals surface area (Å²) < 4.78 is 9.80.